The van der Waals surface area contributed by atoms with E-state index >= 15 is 0 Å². The number of nitriles is 1. The lowest BCUT2D eigenvalue weighted by Crippen LogP contribution is -2.56. The van der Waals surface area contributed by atoms with Gasteiger partial charge >= 0.3 is 0 Å². The number of ether oxygens (including phenoxy) is 2. The maximum atomic E-state index is 12.8. The highest BCUT2D eigenvalue weighted by molar-refractivity contribution is 5.76. The summed E-state index contributed by atoms with van der Waals surface area (Å²) in [6, 6.07) is 7.68. The predicted molar refractivity (Wildman–Crippen MR) is 106 cm³/mol. The molecule has 0 saturated heterocycles. The summed E-state index contributed by atoms with van der Waals surface area (Å²) in [5, 5.41) is 8.97. The van der Waals surface area contributed by atoms with Crippen LogP contribution >= 0.6 is 0 Å². The Morgan fingerprint density at radius 3 is 2.43 bits per heavy atom. The number of hydrogen-bond acceptors (Lipinski definition) is 4. The van der Waals surface area contributed by atoms with Gasteiger partial charge < -0.3 is 14.4 Å². The third kappa shape index (κ3) is 3.70. The second-order valence-electron chi connectivity index (χ2n) is 8.86. The molecule has 4 aliphatic rings. The molecule has 0 radical (unpaired) electrons. The normalized spacial score (nSPS) is 30.0. The Balaban J connectivity index is 1.26. The van der Waals surface area contributed by atoms with Gasteiger partial charge in [0.1, 0.15) is 0 Å². The average molecular weight is 383 g/mol. The van der Waals surface area contributed by atoms with E-state index in [1.54, 1.807) is 25.3 Å². The first-order valence-corrected chi connectivity index (χ1v) is 10.6. The maximum absolute atomic E-state index is 12.8. The van der Waals surface area contributed by atoms with Crippen molar-refractivity contribution in [3.05, 3.63) is 23.8 Å². The molecule has 4 bridgehead atoms. The number of carbonyl (C=O) groups excluding carboxylic acids is 1. The minimum Gasteiger partial charge on any atom is -0.493 e. The van der Waals surface area contributed by atoms with Crippen molar-refractivity contribution in [2.75, 3.05) is 20.8 Å². The Kier molecular flexibility index (Phi) is 5.48. The Hall–Kier alpha value is -2.22. The first-order chi connectivity index (χ1) is 13.6. The lowest BCUT2D eigenvalue weighted by atomic mass is 9.54. The van der Waals surface area contributed by atoms with Crippen LogP contribution in [0.4, 0.5) is 0 Å². The highest BCUT2D eigenvalue weighted by atomic mass is 16.5. The minimum absolute atomic E-state index is 0.243. The molecule has 0 heterocycles. The molecule has 4 aliphatic carbocycles. The van der Waals surface area contributed by atoms with Gasteiger partial charge in [-0.3, -0.25) is 4.79 Å². The summed E-state index contributed by atoms with van der Waals surface area (Å²) >= 11 is 0. The van der Waals surface area contributed by atoms with Crippen LogP contribution in [0.1, 0.15) is 50.5 Å². The molecule has 0 aromatic heterocycles. The van der Waals surface area contributed by atoms with Gasteiger partial charge in [-0.2, -0.15) is 5.26 Å². The van der Waals surface area contributed by atoms with Gasteiger partial charge in [0.2, 0.25) is 5.91 Å². The highest BCUT2D eigenvalue weighted by Crippen LogP contribution is 2.55. The van der Waals surface area contributed by atoms with Crippen molar-refractivity contribution in [1.29, 1.82) is 5.26 Å². The molecule has 1 amide bonds. The second kappa shape index (κ2) is 8.03. The first-order valence-electron chi connectivity index (χ1n) is 10.6. The fourth-order valence-electron chi connectivity index (χ4n) is 6.13. The van der Waals surface area contributed by atoms with E-state index in [1.165, 1.54) is 32.1 Å². The smallest absolute Gasteiger partial charge is 0.222 e. The number of benzene rings is 1. The van der Waals surface area contributed by atoms with Gasteiger partial charge in [0.15, 0.2) is 11.5 Å². The Morgan fingerprint density at radius 1 is 1.14 bits per heavy atom. The molecular formula is C23H30N2O3. The predicted octanol–water partition coefficient (Wildman–Crippen LogP) is 4.01. The lowest BCUT2D eigenvalue weighted by Gasteiger charge is -2.56. The van der Waals surface area contributed by atoms with Crippen molar-refractivity contribution < 1.29 is 14.3 Å². The molecule has 0 spiro atoms. The number of hydrogen-bond donors (Lipinski definition) is 0. The summed E-state index contributed by atoms with van der Waals surface area (Å²) in [5.41, 5.74) is 0.539. The van der Waals surface area contributed by atoms with Crippen LogP contribution in [0.2, 0.25) is 0 Å². The van der Waals surface area contributed by atoms with Gasteiger partial charge in [0.05, 0.1) is 25.3 Å². The molecule has 1 aromatic rings. The van der Waals surface area contributed by atoms with Crippen LogP contribution < -0.4 is 9.47 Å². The SMILES string of the molecule is COc1cc(C#N)ccc1OCCCC(=O)N(C)C1C2CC3CC(C2)CC1C3. The number of nitrogens with zero attached hydrogens (tertiary/aromatic N) is 2. The van der Waals surface area contributed by atoms with E-state index in [2.05, 4.69) is 11.0 Å². The van der Waals surface area contributed by atoms with Crippen LogP contribution in [0, 0.1) is 35.0 Å². The monoisotopic (exact) mass is 382 g/mol. The third-order valence-electron chi connectivity index (χ3n) is 7.10. The van der Waals surface area contributed by atoms with Crippen LogP contribution in [-0.4, -0.2) is 37.6 Å². The Bertz CT molecular complexity index is 742. The van der Waals surface area contributed by atoms with Crippen LogP contribution in [-0.2, 0) is 4.79 Å². The summed E-state index contributed by atoms with van der Waals surface area (Å²) in [7, 11) is 3.58. The molecule has 0 unspecified atom stereocenters. The molecule has 4 fully saturated rings. The van der Waals surface area contributed by atoms with Gasteiger partial charge in [0.25, 0.3) is 0 Å². The molecule has 0 atom stereocenters. The largest absolute Gasteiger partial charge is 0.493 e. The lowest BCUT2D eigenvalue weighted by molar-refractivity contribution is -0.141. The van der Waals surface area contributed by atoms with Crippen molar-refractivity contribution in [2.45, 2.75) is 51.0 Å². The Morgan fingerprint density at radius 2 is 1.82 bits per heavy atom. The van der Waals surface area contributed by atoms with Crippen LogP contribution in [0.15, 0.2) is 18.2 Å². The third-order valence-corrected chi connectivity index (χ3v) is 7.10. The van der Waals surface area contributed by atoms with E-state index in [0.29, 0.717) is 42.6 Å². The van der Waals surface area contributed by atoms with Gasteiger partial charge in [-0.1, -0.05) is 0 Å². The molecular weight excluding hydrogens is 352 g/mol. The zero-order valence-corrected chi connectivity index (χ0v) is 16.9. The minimum atomic E-state index is 0.243. The summed E-state index contributed by atoms with van der Waals surface area (Å²) in [6.07, 6.45) is 7.95. The standard InChI is InChI=1S/C23H30N2O3/c1-25(23-18-9-16-8-17(11-18)12-19(23)10-16)22(26)4-3-7-28-20-6-5-15(14-24)13-21(20)27-2/h5-6,13,16-19,23H,3-4,7-12H2,1-2H3. The highest BCUT2D eigenvalue weighted by Gasteiger charge is 2.50. The fraction of sp³-hybridized carbons (Fsp3) is 0.652. The average Bonchev–Trinajstić information content (AvgIpc) is 2.70. The summed E-state index contributed by atoms with van der Waals surface area (Å²) < 4.78 is 11.1. The number of rotatable bonds is 7. The van der Waals surface area contributed by atoms with Gasteiger partial charge in [-0.15, -0.1) is 0 Å². The molecule has 0 N–H and O–H groups in total. The van der Waals surface area contributed by atoms with Crippen LogP contribution in [0.25, 0.3) is 0 Å². The van der Waals surface area contributed by atoms with Crippen LogP contribution in [0.5, 0.6) is 11.5 Å². The molecule has 5 heteroatoms. The molecule has 4 saturated carbocycles. The van der Waals surface area contributed by atoms with E-state index in [-0.39, 0.29) is 5.91 Å². The van der Waals surface area contributed by atoms with E-state index < -0.39 is 0 Å². The zero-order valence-electron chi connectivity index (χ0n) is 16.9. The number of carbonyl (C=O) groups is 1. The van der Waals surface area contributed by atoms with Crippen LogP contribution in [0.3, 0.4) is 0 Å². The van der Waals surface area contributed by atoms with Crippen molar-refractivity contribution in [3.8, 4) is 17.6 Å². The molecule has 150 valence electrons. The zero-order chi connectivity index (χ0) is 19.7. The van der Waals surface area contributed by atoms with Gasteiger partial charge in [-0.05, 0) is 74.3 Å². The molecule has 1 aromatic carbocycles. The molecule has 28 heavy (non-hydrogen) atoms. The van der Waals surface area contributed by atoms with E-state index in [0.717, 1.165) is 23.7 Å². The summed E-state index contributed by atoms with van der Waals surface area (Å²) in [6.45, 7) is 0.462. The van der Waals surface area contributed by atoms with Crippen molar-refractivity contribution in [3.63, 3.8) is 0 Å². The van der Waals surface area contributed by atoms with E-state index in [4.69, 9.17) is 14.7 Å². The molecule has 5 nitrogen and oxygen atoms in total. The second-order valence-corrected chi connectivity index (χ2v) is 8.86. The molecule has 5 rings (SSSR count). The van der Waals surface area contributed by atoms with Crippen molar-refractivity contribution >= 4 is 5.91 Å². The Labute approximate surface area is 167 Å². The van der Waals surface area contributed by atoms with Crippen molar-refractivity contribution in [2.24, 2.45) is 23.7 Å². The van der Waals surface area contributed by atoms with Gasteiger partial charge in [-0.25, -0.2) is 0 Å². The topological polar surface area (TPSA) is 62.6 Å². The first kappa shape index (κ1) is 19.1. The number of amides is 1. The summed E-state index contributed by atoms with van der Waals surface area (Å²) in [4.78, 5) is 14.9. The quantitative estimate of drug-likeness (QED) is 0.669. The van der Waals surface area contributed by atoms with Gasteiger partial charge in [0, 0.05) is 25.6 Å². The summed E-state index contributed by atoms with van der Waals surface area (Å²) in [5.74, 6) is 4.72. The fourth-order valence-corrected chi connectivity index (χ4v) is 6.13. The molecule has 0 aliphatic heterocycles. The maximum Gasteiger partial charge on any atom is 0.222 e. The number of methoxy groups -OCH3 is 1. The van der Waals surface area contributed by atoms with E-state index in [1.807, 2.05) is 7.05 Å². The van der Waals surface area contributed by atoms with E-state index in [9.17, 15) is 4.79 Å². The van der Waals surface area contributed by atoms with Crippen molar-refractivity contribution in [1.82, 2.24) is 4.90 Å².